The number of hydrogen-bond acceptors (Lipinski definition) is 10. The molecule has 0 aliphatic carbocycles. The maximum atomic E-state index is 13.7. The molecule has 0 unspecified atom stereocenters. The number of carbonyl (C=O) groups excluding carboxylic acids is 4. The van der Waals surface area contributed by atoms with Gasteiger partial charge in [-0.3, -0.25) is 0 Å². The lowest BCUT2D eigenvalue weighted by Crippen LogP contribution is -2.08. The summed E-state index contributed by atoms with van der Waals surface area (Å²) in [5.41, 5.74) is 3.94. The van der Waals surface area contributed by atoms with Crippen LogP contribution in [0, 0.1) is 0 Å². The van der Waals surface area contributed by atoms with Gasteiger partial charge in [-0.2, -0.15) is 0 Å². The van der Waals surface area contributed by atoms with Crippen LogP contribution >= 0.6 is 0 Å². The fraction of sp³-hybridized carbons (Fsp3) is 0.0345. The van der Waals surface area contributed by atoms with Gasteiger partial charge in [0.2, 0.25) is 0 Å². The van der Waals surface area contributed by atoms with Crippen molar-refractivity contribution in [2.45, 2.75) is 0 Å². The summed E-state index contributed by atoms with van der Waals surface area (Å²) in [4.78, 5) is 52.5. The summed E-state index contributed by atoms with van der Waals surface area (Å²) in [5.74, 6) is -1.06. The molecule has 0 bridgehead atoms. The molecule has 0 spiro atoms. The van der Waals surface area contributed by atoms with E-state index in [-0.39, 0.29) is 34.5 Å². The van der Waals surface area contributed by atoms with Gasteiger partial charge in [0.25, 0.3) is 0 Å². The highest BCUT2D eigenvalue weighted by Crippen LogP contribution is 2.46. The molecular weight excluding hydrogens is 857 g/mol. The van der Waals surface area contributed by atoms with Crippen LogP contribution in [0.2, 0.25) is 0 Å². The fourth-order valence-corrected chi connectivity index (χ4v) is 7.29. The molecule has 68 heavy (non-hydrogen) atoms. The van der Waals surface area contributed by atoms with Crippen molar-refractivity contribution in [2.75, 3.05) is 14.2 Å². The molecule has 8 rings (SSSR count). The first-order valence-corrected chi connectivity index (χ1v) is 21.3. The number of methoxy groups -OCH3 is 2. The topological polar surface area (TPSA) is 124 Å². The van der Waals surface area contributed by atoms with Crippen molar-refractivity contribution in [1.29, 1.82) is 0 Å². The van der Waals surface area contributed by atoms with E-state index in [2.05, 4.69) is 0 Å². The Morgan fingerprint density at radius 1 is 0.324 bits per heavy atom. The first-order chi connectivity index (χ1) is 33.2. The van der Waals surface area contributed by atoms with Gasteiger partial charge in [0.05, 0.1) is 14.2 Å². The quantitative estimate of drug-likeness (QED) is 0.0558. The minimum Gasteiger partial charge on any atom is -0.493 e. The second-order valence-corrected chi connectivity index (χ2v) is 15.0. The third kappa shape index (κ3) is 11.3. The second-order valence-electron chi connectivity index (χ2n) is 15.0. The van der Waals surface area contributed by atoms with Gasteiger partial charge in [-0.05, 0) is 105 Å². The summed E-state index contributed by atoms with van der Waals surface area (Å²) >= 11 is 0. The smallest absolute Gasteiger partial charge is 0.336 e. The molecule has 0 saturated carbocycles. The Morgan fingerprint density at radius 2 is 0.647 bits per heavy atom. The third-order valence-corrected chi connectivity index (χ3v) is 10.5. The average Bonchev–Trinajstić information content (AvgIpc) is 3.37. The van der Waals surface area contributed by atoms with Crippen LogP contribution in [0.1, 0.15) is 22.3 Å². The molecule has 0 heterocycles. The minimum atomic E-state index is -0.677. The van der Waals surface area contributed by atoms with Gasteiger partial charge in [0, 0.05) is 35.4 Å². The Labute approximate surface area is 392 Å². The van der Waals surface area contributed by atoms with Crippen LogP contribution in [0.15, 0.2) is 194 Å². The summed E-state index contributed by atoms with van der Waals surface area (Å²) in [6.45, 7) is 0. The standard InChI is InChI=1S/C58H42O10/c1-63-51-37-41(21-29-47(51)65-53(59)33-23-39-13-5-3-6-14-39)25-35-55(61)67-49-31-27-43-17-9-11-19-45(43)57(49)58-46-20-12-10-18-44(46)28-32-50(58)68-56(62)36-26-42-22-30-48(52(38-42)64-2)66-54(60)34-24-40-15-7-4-8-16-40/h3-38H,1-2H3/b33-23+,34-24+,35-25+,36-26+. The highest BCUT2D eigenvalue weighted by Gasteiger charge is 2.22. The van der Waals surface area contributed by atoms with Crippen LogP contribution in [0.5, 0.6) is 34.5 Å². The zero-order valence-electron chi connectivity index (χ0n) is 36.9. The summed E-state index contributed by atoms with van der Waals surface area (Å²) in [6.07, 6.45) is 11.7. The first-order valence-electron chi connectivity index (χ1n) is 21.3. The lowest BCUT2D eigenvalue weighted by molar-refractivity contribution is -0.129. The third-order valence-electron chi connectivity index (χ3n) is 10.5. The molecule has 0 aromatic heterocycles. The van der Waals surface area contributed by atoms with E-state index in [1.807, 2.05) is 121 Å². The van der Waals surface area contributed by atoms with Crippen molar-refractivity contribution in [3.63, 3.8) is 0 Å². The van der Waals surface area contributed by atoms with Crippen molar-refractivity contribution in [3.05, 3.63) is 216 Å². The molecule has 0 aliphatic rings. The van der Waals surface area contributed by atoms with Crippen molar-refractivity contribution in [2.24, 2.45) is 0 Å². The predicted octanol–water partition coefficient (Wildman–Crippen LogP) is 12.2. The summed E-state index contributed by atoms with van der Waals surface area (Å²) in [6, 6.07) is 50.9. The highest BCUT2D eigenvalue weighted by atomic mass is 16.6. The molecule has 0 fully saturated rings. The second kappa shape index (κ2) is 21.6. The Bertz CT molecular complexity index is 3060. The lowest BCUT2D eigenvalue weighted by atomic mass is 9.92. The molecule has 10 heteroatoms. The summed E-state index contributed by atoms with van der Waals surface area (Å²) in [5, 5.41) is 3.23. The highest BCUT2D eigenvalue weighted by molar-refractivity contribution is 6.11. The van der Waals surface area contributed by atoms with E-state index >= 15 is 0 Å². The Balaban J connectivity index is 1.03. The van der Waals surface area contributed by atoms with E-state index in [4.69, 9.17) is 28.4 Å². The molecule has 8 aromatic rings. The average molecular weight is 899 g/mol. The SMILES string of the molecule is COc1cc(/C=C/C(=O)Oc2ccc3ccccc3c2-c2c(OC(=O)/C=C/c3ccc(OC(=O)/C=C/c4ccccc4)c(OC)c3)ccc3ccccc23)ccc1OC(=O)/C=C/c1ccccc1. The van der Waals surface area contributed by atoms with Crippen LogP contribution < -0.4 is 28.4 Å². The van der Waals surface area contributed by atoms with E-state index in [9.17, 15) is 19.2 Å². The molecule has 0 N–H and O–H groups in total. The van der Waals surface area contributed by atoms with E-state index in [1.165, 1.54) is 38.5 Å². The van der Waals surface area contributed by atoms with E-state index < -0.39 is 23.9 Å². The summed E-state index contributed by atoms with van der Waals surface area (Å²) < 4.78 is 34.2. The molecule has 0 aliphatic heterocycles. The molecule has 10 nitrogen and oxygen atoms in total. The van der Waals surface area contributed by atoms with Crippen molar-refractivity contribution in [3.8, 4) is 45.6 Å². The fourth-order valence-electron chi connectivity index (χ4n) is 7.29. The number of carbonyl (C=O) groups is 4. The Kier molecular flexibility index (Phi) is 14.4. The molecular formula is C58H42O10. The van der Waals surface area contributed by atoms with Crippen LogP contribution in [0.4, 0.5) is 0 Å². The molecule has 8 aromatic carbocycles. The van der Waals surface area contributed by atoms with Crippen LogP contribution in [-0.4, -0.2) is 38.1 Å². The van der Waals surface area contributed by atoms with E-state index in [1.54, 1.807) is 72.8 Å². The van der Waals surface area contributed by atoms with Gasteiger partial charge in [-0.15, -0.1) is 0 Å². The van der Waals surface area contributed by atoms with Gasteiger partial charge in [0.15, 0.2) is 23.0 Å². The zero-order valence-corrected chi connectivity index (χ0v) is 36.9. The van der Waals surface area contributed by atoms with Gasteiger partial charge in [-0.25, -0.2) is 19.2 Å². The number of ether oxygens (including phenoxy) is 6. The largest absolute Gasteiger partial charge is 0.493 e. The van der Waals surface area contributed by atoms with E-state index in [0.29, 0.717) is 22.3 Å². The first kappa shape index (κ1) is 45.3. The molecule has 0 atom stereocenters. The maximum Gasteiger partial charge on any atom is 0.336 e. The Hall–Kier alpha value is -9.28. The van der Waals surface area contributed by atoms with Crippen molar-refractivity contribution in [1.82, 2.24) is 0 Å². The molecule has 0 radical (unpaired) electrons. The van der Waals surface area contributed by atoms with E-state index in [0.717, 1.165) is 32.7 Å². The minimum absolute atomic E-state index is 0.208. The van der Waals surface area contributed by atoms with Crippen molar-refractivity contribution >= 4 is 69.7 Å². The summed E-state index contributed by atoms with van der Waals surface area (Å²) in [7, 11) is 2.91. The van der Waals surface area contributed by atoms with Crippen LogP contribution in [0.3, 0.4) is 0 Å². The zero-order chi connectivity index (χ0) is 47.2. The number of esters is 4. The van der Waals surface area contributed by atoms with Gasteiger partial charge >= 0.3 is 23.9 Å². The number of rotatable bonds is 15. The van der Waals surface area contributed by atoms with Gasteiger partial charge in [-0.1, -0.05) is 133 Å². The number of hydrogen-bond donors (Lipinski definition) is 0. The Morgan fingerprint density at radius 3 is 1.03 bits per heavy atom. The number of benzene rings is 8. The van der Waals surface area contributed by atoms with Crippen LogP contribution in [0.25, 0.3) is 57.0 Å². The lowest BCUT2D eigenvalue weighted by Gasteiger charge is -2.18. The normalized spacial score (nSPS) is 11.4. The van der Waals surface area contributed by atoms with Gasteiger partial charge < -0.3 is 28.4 Å². The molecule has 0 saturated heterocycles. The predicted molar refractivity (Wildman–Crippen MR) is 264 cm³/mol. The molecule has 0 amide bonds. The molecule has 334 valence electrons. The van der Waals surface area contributed by atoms with Crippen LogP contribution in [-0.2, 0) is 19.2 Å². The van der Waals surface area contributed by atoms with Crippen molar-refractivity contribution < 1.29 is 47.6 Å². The maximum absolute atomic E-state index is 13.7. The monoisotopic (exact) mass is 898 g/mol. The number of fused-ring (bicyclic) bond motifs is 2. The van der Waals surface area contributed by atoms with Gasteiger partial charge in [0.1, 0.15) is 11.5 Å².